The van der Waals surface area contributed by atoms with Crippen molar-refractivity contribution in [2.24, 2.45) is 4.99 Å². The van der Waals surface area contributed by atoms with Crippen LogP contribution in [0.2, 0.25) is 5.02 Å². The monoisotopic (exact) mass is 360 g/mol. The number of aryl methyl sites for hydroxylation is 1. The first kappa shape index (κ1) is 16.7. The maximum absolute atomic E-state index is 12.5. The van der Waals surface area contributed by atoms with Crippen LogP contribution in [0, 0.1) is 6.92 Å². The minimum absolute atomic E-state index is 0.285. The molecule has 124 valence electrons. The van der Waals surface area contributed by atoms with E-state index in [4.69, 9.17) is 11.6 Å². The Morgan fingerprint density at radius 2 is 1.79 bits per heavy atom. The van der Waals surface area contributed by atoms with Gasteiger partial charge in [0.2, 0.25) is 0 Å². The molecule has 3 rings (SSSR count). The van der Waals surface area contributed by atoms with Crippen LogP contribution in [0.3, 0.4) is 0 Å². The summed E-state index contributed by atoms with van der Waals surface area (Å²) in [7, 11) is -3.59. The Kier molecular flexibility index (Phi) is 4.47. The van der Waals surface area contributed by atoms with Gasteiger partial charge in [0.25, 0.3) is 10.0 Å². The van der Waals surface area contributed by atoms with Gasteiger partial charge in [0.15, 0.2) is 0 Å². The topological polar surface area (TPSA) is 58.5 Å². The zero-order valence-corrected chi connectivity index (χ0v) is 14.9. The predicted molar refractivity (Wildman–Crippen MR) is 98.4 cm³/mol. The molecule has 0 spiro atoms. The predicted octanol–water partition coefficient (Wildman–Crippen LogP) is 3.91. The van der Waals surface area contributed by atoms with Gasteiger partial charge < -0.3 is 0 Å². The quantitative estimate of drug-likeness (QED) is 0.902. The summed E-state index contributed by atoms with van der Waals surface area (Å²) in [6.07, 6.45) is 0. The average molecular weight is 361 g/mol. The molecular weight excluding hydrogens is 344 g/mol. The molecule has 24 heavy (non-hydrogen) atoms. The van der Waals surface area contributed by atoms with Crippen LogP contribution in [-0.4, -0.2) is 14.3 Å². The molecule has 0 atom stereocenters. The van der Waals surface area contributed by atoms with Crippen LogP contribution in [0.5, 0.6) is 0 Å². The van der Waals surface area contributed by atoms with Crippen molar-refractivity contribution in [1.82, 2.24) is 4.72 Å². The van der Waals surface area contributed by atoms with E-state index >= 15 is 0 Å². The number of amidine groups is 1. The van der Waals surface area contributed by atoms with E-state index in [0.29, 0.717) is 28.5 Å². The second-order valence-corrected chi connectivity index (χ2v) is 7.78. The van der Waals surface area contributed by atoms with Crippen LogP contribution in [0.25, 0.3) is 4.91 Å². The van der Waals surface area contributed by atoms with Gasteiger partial charge in [0.05, 0.1) is 6.54 Å². The number of rotatable bonds is 3. The molecule has 0 aromatic heterocycles. The zero-order chi connectivity index (χ0) is 17.3. The summed E-state index contributed by atoms with van der Waals surface area (Å²) in [6.45, 7) is 4.09. The molecule has 0 fully saturated rings. The second-order valence-electron chi connectivity index (χ2n) is 5.72. The number of sulfonamides is 1. The van der Waals surface area contributed by atoms with Gasteiger partial charge in [-0.2, -0.15) is 0 Å². The lowest BCUT2D eigenvalue weighted by molar-refractivity contribution is 0.603. The summed E-state index contributed by atoms with van der Waals surface area (Å²) < 4.78 is 27.5. The Morgan fingerprint density at radius 1 is 1.08 bits per heavy atom. The highest BCUT2D eigenvalue weighted by atomic mass is 35.5. The van der Waals surface area contributed by atoms with E-state index in [1.54, 1.807) is 13.0 Å². The van der Waals surface area contributed by atoms with E-state index in [-0.39, 0.29) is 4.91 Å². The fourth-order valence-corrected chi connectivity index (χ4v) is 4.33. The summed E-state index contributed by atoms with van der Waals surface area (Å²) in [5.41, 5.74) is 3.29. The summed E-state index contributed by atoms with van der Waals surface area (Å²) in [5.74, 6) is 0.380. The van der Waals surface area contributed by atoms with Gasteiger partial charge in [-0.05, 0) is 37.1 Å². The van der Waals surface area contributed by atoms with Crippen molar-refractivity contribution in [2.45, 2.75) is 20.4 Å². The van der Waals surface area contributed by atoms with E-state index in [1.807, 2.05) is 49.4 Å². The summed E-state index contributed by atoms with van der Waals surface area (Å²) in [6, 6.07) is 14.8. The Morgan fingerprint density at radius 3 is 2.46 bits per heavy atom. The number of nitrogens with one attached hydrogen (secondary N) is 1. The number of nitrogens with zero attached hydrogens (tertiary/aromatic N) is 1. The van der Waals surface area contributed by atoms with Crippen LogP contribution in [-0.2, 0) is 16.6 Å². The first-order valence-corrected chi connectivity index (χ1v) is 9.33. The SMILES string of the molecule is CC1=C(c2ccc(C)cc2)S(=O)(=O)NC1=NCc1cccc(Cl)c1. The van der Waals surface area contributed by atoms with Crippen LogP contribution in [0.1, 0.15) is 23.6 Å². The zero-order valence-electron chi connectivity index (χ0n) is 13.4. The number of benzene rings is 2. The fourth-order valence-electron chi connectivity index (χ4n) is 2.60. The van der Waals surface area contributed by atoms with E-state index in [2.05, 4.69) is 9.71 Å². The largest absolute Gasteiger partial charge is 0.264 e. The van der Waals surface area contributed by atoms with Gasteiger partial charge >= 0.3 is 0 Å². The Labute approximate surface area is 146 Å². The molecule has 0 amide bonds. The van der Waals surface area contributed by atoms with Gasteiger partial charge in [-0.25, -0.2) is 8.42 Å². The van der Waals surface area contributed by atoms with Gasteiger partial charge in [0, 0.05) is 10.6 Å². The minimum atomic E-state index is -3.59. The molecule has 1 N–H and O–H groups in total. The first-order valence-electron chi connectivity index (χ1n) is 7.47. The number of hydrogen-bond donors (Lipinski definition) is 1. The standard InChI is InChI=1S/C18H17ClN2O2S/c1-12-6-8-15(9-7-12)17-13(2)18(21-24(17,22)23)20-11-14-4-3-5-16(19)10-14/h3-10H,11H2,1-2H3,(H,20,21). The highest BCUT2D eigenvalue weighted by Crippen LogP contribution is 2.30. The number of aliphatic imine (C=N–C) groups is 1. The van der Waals surface area contributed by atoms with E-state index < -0.39 is 10.0 Å². The van der Waals surface area contributed by atoms with Crippen molar-refractivity contribution in [3.8, 4) is 0 Å². The molecule has 4 nitrogen and oxygen atoms in total. The third-order valence-corrected chi connectivity index (χ3v) is 5.59. The lowest BCUT2D eigenvalue weighted by Crippen LogP contribution is -2.23. The summed E-state index contributed by atoms with van der Waals surface area (Å²) in [4.78, 5) is 4.70. The number of halogens is 1. The first-order chi connectivity index (χ1) is 11.4. The third-order valence-electron chi connectivity index (χ3n) is 3.82. The molecular formula is C18H17ClN2O2S. The average Bonchev–Trinajstić information content (AvgIpc) is 2.76. The van der Waals surface area contributed by atoms with E-state index in [9.17, 15) is 8.42 Å². The molecule has 1 heterocycles. The molecule has 0 radical (unpaired) electrons. The lowest BCUT2D eigenvalue weighted by Gasteiger charge is -2.03. The van der Waals surface area contributed by atoms with Crippen molar-refractivity contribution < 1.29 is 8.42 Å². The second kappa shape index (κ2) is 6.42. The van der Waals surface area contributed by atoms with Crippen molar-refractivity contribution in [2.75, 3.05) is 0 Å². The van der Waals surface area contributed by atoms with Crippen LogP contribution in [0.4, 0.5) is 0 Å². The van der Waals surface area contributed by atoms with Gasteiger partial charge in [-0.1, -0.05) is 53.6 Å². The molecule has 0 unspecified atom stereocenters. The van der Waals surface area contributed by atoms with Gasteiger partial charge in [-0.3, -0.25) is 9.71 Å². The minimum Gasteiger partial charge on any atom is -0.263 e. The summed E-state index contributed by atoms with van der Waals surface area (Å²) >= 11 is 5.96. The molecule has 0 bridgehead atoms. The van der Waals surface area contributed by atoms with Crippen molar-refractivity contribution in [1.29, 1.82) is 0 Å². The number of hydrogen-bond acceptors (Lipinski definition) is 3. The Balaban J connectivity index is 1.96. The molecule has 1 aliphatic heterocycles. The van der Waals surface area contributed by atoms with Gasteiger partial charge in [-0.15, -0.1) is 0 Å². The Hall–Kier alpha value is -2.11. The third kappa shape index (κ3) is 3.37. The highest BCUT2D eigenvalue weighted by molar-refractivity contribution is 8.00. The normalized spacial score (nSPS) is 18.0. The summed E-state index contributed by atoms with van der Waals surface area (Å²) in [5, 5.41) is 0.632. The molecule has 0 saturated heterocycles. The molecule has 2 aromatic rings. The molecule has 2 aromatic carbocycles. The van der Waals surface area contributed by atoms with Crippen molar-refractivity contribution >= 4 is 32.4 Å². The fraction of sp³-hybridized carbons (Fsp3) is 0.167. The molecule has 0 saturated carbocycles. The maximum atomic E-state index is 12.5. The van der Waals surface area contributed by atoms with Crippen LogP contribution < -0.4 is 4.72 Å². The smallest absolute Gasteiger partial charge is 0.263 e. The molecule has 6 heteroatoms. The van der Waals surface area contributed by atoms with Crippen molar-refractivity contribution in [3.05, 3.63) is 75.8 Å². The van der Waals surface area contributed by atoms with Crippen LogP contribution in [0.15, 0.2) is 59.1 Å². The lowest BCUT2D eigenvalue weighted by atomic mass is 10.1. The van der Waals surface area contributed by atoms with Gasteiger partial charge in [0.1, 0.15) is 10.7 Å². The van der Waals surface area contributed by atoms with Crippen molar-refractivity contribution in [3.63, 3.8) is 0 Å². The van der Waals surface area contributed by atoms with E-state index in [0.717, 1.165) is 11.1 Å². The highest BCUT2D eigenvalue weighted by Gasteiger charge is 2.32. The van der Waals surface area contributed by atoms with Crippen LogP contribution >= 0.6 is 11.6 Å². The molecule has 1 aliphatic rings. The van der Waals surface area contributed by atoms with E-state index in [1.165, 1.54) is 0 Å². The Bertz CT molecular complexity index is 945. The molecule has 0 aliphatic carbocycles. The maximum Gasteiger partial charge on any atom is 0.264 e.